The summed E-state index contributed by atoms with van der Waals surface area (Å²) in [4.78, 5) is 11.9. The van der Waals surface area contributed by atoms with Gasteiger partial charge in [-0.05, 0) is 49.7 Å². The number of piperazine rings is 1. The van der Waals surface area contributed by atoms with E-state index < -0.39 is 0 Å². The Morgan fingerprint density at radius 3 is 2.64 bits per heavy atom. The molecule has 1 aromatic heterocycles. The molecule has 1 atom stereocenters. The van der Waals surface area contributed by atoms with E-state index in [1.54, 1.807) is 12.1 Å². The lowest BCUT2D eigenvalue weighted by atomic mass is 9.90. The van der Waals surface area contributed by atoms with Gasteiger partial charge in [-0.15, -0.1) is 0 Å². The highest BCUT2D eigenvalue weighted by molar-refractivity contribution is 5.61. The Hall–Kier alpha value is -2.40. The van der Waals surface area contributed by atoms with Gasteiger partial charge in [-0.25, -0.2) is 9.37 Å². The van der Waals surface area contributed by atoms with Gasteiger partial charge in [0.1, 0.15) is 11.6 Å². The molecule has 0 bridgehead atoms. The molecule has 4 rings (SSSR count). The van der Waals surface area contributed by atoms with Crippen molar-refractivity contribution in [3.05, 3.63) is 66.1 Å². The third kappa shape index (κ3) is 4.20. The molecule has 4 nitrogen and oxygen atoms in total. The molecule has 2 aromatic rings. The zero-order chi connectivity index (χ0) is 19.5. The minimum atomic E-state index is -0.157. The second-order valence-corrected chi connectivity index (χ2v) is 7.96. The van der Waals surface area contributed by atoms with E-state index in [0.717, 1.165) is 74.9 Å². The second kappa shape index (κ2) is 8.31. The zero-order valence-electron chi connectivity index (χ0n) is 16.6. The molecule has 3 heterocycles. The number of anilines is 1. The van der Waals surface area contributed by atoms with E-state index in [9.17, 15) is 4.39 Å². The number of benzene rings is 1. The van der Waals surface area contributed by atoms with Crippen LogP contribution in [-0.2, 0) is 0 Å². The molecule has 0 radical (unpaired) electrons. The highest BCUT2D eigenvalue weighted by Crippen LogP contribution is 2.31. The molecule has 0 amide bonds. The van der Waals surface area contributed by atoms with Crippen LogP contribution >= 0.6 is 0 Å². The Balaban J connectivity index is 1.47. The fraction of sp³-hybridized carbons (Fsp3) is 0.435. The van der Waals surface area contributed by atoms with E-state index in [4.69, 9.17) is 4.98 Å². The number of rotatable bonds is 4. The van der Waals surface area contributed by atoms with Crippen molar-refractivity contribution in [1.29, 1.82) is 0 Å². The van der Waals surface area contributed by atoms with Crippen LogP contribution in [0.1, 0.15) is 30.0 Å². The van der Waals surface area contributed by atoms with Crippen LogP contribution in [0.15, 0.2) is 49.0 Å². The van der Waals surface area contributed by atoms with Crippen LogP contribution in [0.2, 0.25) is 0 Å². The number of halogens is 1. The first-order valence-electron chi connectivity index (χ1n) is 10.2. The average molecular weight is 381 g/mol. The van der Waals surface area contributed by atoms with E-state index >= 15 is 0 Å². The number of likely N-dealkylation sites (tertiary alicyclic amines) is 1. The molecule has 0 N–H and O–H groups in total. The van der Waals surface area contributed by atoms with Crippen molar-refractivity contribution in [3.63, 3.8) is 0 Å². The Morgan fingerprint density at radius 1 is 1.07 bits per heavy atom. The summed E-state index contributed by atoms with van der Waals surface area (Å²) in [6.45, 7) is 10.3. The van der Waals surface area contributed by atoms with E-state index in [0.29, 0.717) is 5.92 Å². The quantitative estimate of drug-likeness (QED) is 0.804. The van der Waals surface area contributed by atoms with E-state index in [-0.39, 0.29) is 5.82 Å². The lowest BCUT2D eigenvalue weighted by Crippen LogP contribution is -2.44. The number of hydrogen-bond acceptors (Lipinski definition) is 4. The standard InChI is InChI=1S/C23H29FN4/c1-18(22-9-4-10-23(25-22)27-14-12-26(2)13-15-27)28-11-5-7-20(17-28)19-6-3-8-21(24)16-19/h3-4,6,8-10,16,20H,1,5,7,11-15,17H2,2H3. The topological polar surface area (TPSA) is 22.6 Å². The molecule has 0 saturated carbocycles. The highest BCUT2D eigenvalue weighted by Gasteiger charge is 2.24. The Morgan fingerprint density at radius 2 is 1.86 bits per heavy atom. The van der Waals surface area contributed by atoms with Crippen LogP contribution in [0, 0.1) is 5.82 Å². The first-order valence-corrected chi connectivity index (χ1v) is 10.2. The Labute approximate surface area is 167 Å². The predicted octanol–water partition coefficient (Wildman–Crippen LogP) is 3.82. The average Bonchev–Trinajstić information content (AvgIpc) is 2.74. The van der Waals surface area contributed by atoms with E-state index in [1.165, 1.54) is 6.07 Å². The monoisotopic (exact) mass is 380 g/mol. The van der Waals surface area contributed by atoms with Crippen molar-refractivity contribution < 1.29 is 4.39 Å². The van der Waals surface area contributed by atoms with Gasteiger partial charge < -0.3 is 14.7 Å². The number of pyridine rings is 1. The number of aromatic nitrogens is 1. The number of piperidine rings is 1. The summed E-state index contributed by atoms with van der Waals surface area (Å²) < 4.78 is 13.6. The van der Waals surface area contributed by atoms with Crippen LogP contribution in [0.5, 0.6) is 0 Å². The summed E-state index contributed by atoms with van der Waals surface area (Å²) in [7, 11) is 2.16. The van der Waals surface area contributed by atoms with Gasteiger partial charge >= 0.3 is 0 Å². The SMILES string of the molecule is C=C(c1cccc(N2CCN(C)CC2)n1)N1CCCC(c2cccc(F)c2)C1. The first-order chi connectivity index (χ1) is 13.6. The molecule has 148 valence electrons. The third-order valence-electron chi connectivity index (χ3n) is 5.98. The van der Waals surface area contributed by atoms with E-state index in [1.807, 2.05) is 12.1 Å². The lowest BCUT2D eigenvalue weighted by molar-refractivity contribution is 0.294. The van der Waals surface area contributed by atoms with E-state index in [2.05, 4.69) is 40.5 Å². The Kier molecular flexibility index (Phi) is 5.62. The van der Waals surface area contributed by atoms with Gasteiger partial charge in [0.25, 0.3) is 0 Å². The largest absolute Gasteiger partial charge is 0.370 e. The molecular formula is C23H29FN4. The first kappa shape index (κ1) is 18.9. The van der Waals surface area contributed by atoms with Crippen LogP contribution in [-0.4, -0.2) is 61.1 Å². The minimum absolute atomic E-state index is 0.157. The van der Waals surface area contributed by atoms with Crippen molar-refractivity contribution in [2.75, 3.05) is 51.2 Å². The maximum Gasteiger partial charge on any atom is 0.129 e. The summed E-state index contributed by atoms with van der Waals surface area (Å²) in [6, 6.07) is 13.2. The van der Waals surface area contributed by atoms with Crippen molar-refractivity contribution >= 4 is 11.5 Å². The van der Waals surface area contributed by atoms with Crippen molar-refractivity contribution in [3.8, 4) is 0 Å². The van der Waals surface area contributed by atoms with Gasteiger partial charge in [-0.1, -0.05) is 24.8 Å². The second-order valence-electron chi connectivity index (χ2n) is 7.96. The van der Waals surface area contributed by atoms with Crippen LogP contribution in [0.25, 0.3) is 5.70 Å². The summed E-state index contributed by atoms with van der Waals surface area (Å²) in [6.07, 6.45) is 2.17. The smallest absolute Gasteiger partial charge is 0.129 e. The van der Waals surface area contributed by atoms with Crippen molar-refractivity contribution in [2.45, 2.75) is 18.8 Å². The van der Waals surface area contributed by atoms with Gasteiger partial charge in [0.15, 0.2) is 0 Å². The summed E-state index contributed by atoms with van der Waals surface area (Å²) in [5, 5.41) is 0. The lowest BCUT2D eigenvalue weighted by Gasteiger charge is -2.36. The Bertz CT molecular complexity index is 829. The number of nitrogens with zero attached hydrogens (tertiary/aromatic N) is 4. The number of likely N-dealkylation sites (N-methyl/N-ethyl adjacent to an activating group) is 1. The minimum Gasteiger partial charge on any atom is -0.370 e. The fourth-order valence-corrected chi connectivity index (χ4v) is 4.21. The molecule has 0 spiro atoms. The van der Waals surface area contributed by atoms with Gasteiger partial charge in [-0.3, -0.25) is 0 Å². The molecule has 2 saturated heterocycles. The summed E-state index contributed by atoms with van der Waals surface area (Å²) >= 11 is 0. The van der Waals surface area contributed by atoms with Crippen molar-refractivity contribution in [1.82, 2.24) is 14.8 Å². The maximum atomic E-state index is 13.6. The van der Waals surface area contributed by atoms with Gasteiger partial charge in [0, 0.05) is 45.2 Å². The molecular weight excluding hydrogens is 351 g/mol. The van der Waals surface area contributed by atoms with Gasteiger partial charge in [0.2, 0.25) is 0 Å². The van der Waals surface area contributed by atoms with Gasteiger partial charge in [0.05, 0.1) is 11.4 Å². The normalized spacial score (nSPS) is 21.0. The maximum absolute atomic E-state index is 13.6. The third-order valence-corrected chi connectivity index (χ3v) is 5.98. The summed E-state index contributed by atoms with van der Waals surface area (Å²) in [5.74, 6) is 1.21. The number of hydrogen-bond donors (Lipinski definition) is 0. The molecule has 5 heteroatoms. The summed E-state index contributed by atoms with van der Waals surface area (Å²) in [5.41, 5.74) is 2.99. The van der Waals surface area contributed by atoms with Crippen LogP contribution in [0.3, 0.4) is 0 Å². The zero-order valence-corrected chi connectivity index (χ0v) is 16.6. The molecule has 2 aliphatic rings. The molecule has 2 fully saturated rings. The fourth-order valence-electron chi connectivity index (χ4n) is 4.21. The van der Waals surface area contributed by atoms with Crippen LogP contribution in [0.4, 0.5) is 10.2 Å². The molecule has 28 heavy (non-hydrogen) atoms. The van der Waals surface area contributed by atoms with Gasteiger partial charge in [-0.2, -0.15) is 0 Å². The molecule has 1 unspecified atom stereocenters. The van der Waals surface area contributed by atoms with Crippen LogP contribution < -0.4 is 4.90 Å². The molecule has 1 aromatic carbocycles. The molecule has 0 aliphatic carbocycles. The predicted molar refractivity (Wildman–Crippen MR) is 113 cm³/mol. The van der Waals surface area contributed by atoms with Crippen molar-refractivity contribution in [2.24, 2.45) is 0 Å². The highest BCUT2D eigenvalue weighted by atomic mass is 19.1. The molecule has 2 aliphatic heterocycles.